The first-order valence-electron chi connectivity index (χ1n) is 10.5. The molecule has 0 atom stereocenters. The molecule has 2 aromatic rings. The minimum Gasteiger partial charge on any atom is -0.494 e. The van der Waals surface area contributed by atoms with Crippen LogP contribution < -0.4 is 19.7 Å². The highest BCUT2D eigenvalue weighted by atomic mass is 35.5. The van der Waals surface area contributed by atoms with Gasteiger partial charge in [0.1, 0.15) is 11.5 Å². The summed E-state index contributed by atoms with van der Waals surface area (Å²) in [7, 11) is 0. The quantitative estimate of drug-likeness (QED) is 0.642. The molecule has 1 heterocycles. The number of rotatable bonds is 9. The van der Waals surface area contributed by atoms with E-state index in [4.69, 9.17) is 21.1 Å². The Morgan fingerprint density at radius 3 is 2.32 bits per heavy atom. The van der Waals surface area contributed by atoms with Crippen LogP contribution in [-0.2, 0) is 9.59 Å². The standard InChI is InChI=1S/C23H28ClN3O4/c1-2-14-30-20-6-8-21(9-7-20)31-17-22(28)25-16-23(29)27-12-10-26(11-13-27)19-5-3-4-18(24)15-19/h3-9,15H,2,10-14,16-17H2,1H3,(H,25,28). The molecule has 2 aromatic carbocycles. The van der Waals surface area contributed by atoms with Crippen molar-refractivity contribution in [3.8, 4) is 11.5 Å². The molecular formula is C23H28ClN3O4. The van der Waals surface area contributed by atoms with Crippen molar-refractivity contribution in [2.75, 3.05) is 50.8 Å². The summed E-state index contributed by atoms with van der Waals surface area (Å²) in [5.74, 6) is 0.899. The highest BCUT2D eigenvalue weighted by Gasteiger charge is 2.21. The zero-order chi connectivity index (χ0) is 22.1. The van der Waals surface area contributed by atoms with E-state index in [-0.39, 0.29) is 25.0 Å². The van der Waals surface area contributed by atoms with Crippen molar-refractivity contribution in [2.24, 2.45) is 0 Å². The van der Waals surface area contributed by atoms with E-state index < -0.39 is 0 Å². The number of hydrogen-bond acceptors (Lipinski definition) is 5. The summed E-state index contributed by atoms with van der Waals surface area (Å²) in [5, 5.41) is 3.32. The fourth-order valence-electron chi connectivity index (χ4n) is 3.22. The lowest BCUT2D eigenvalue weighted by Gasteiger charge is -2.36. The number of amides is 2. The molecule has 0 unspecified atom stereocenters. The molecule has 0 spiro atoms. The van der Waals surface area contributed by atoms with Gasteiger partial charge in [0, 0.05) is 36.9 Å². The first kappa shape index (κ1) is 22.7. The highest BCUT2D eigenvalue weighted by Crippen LogP contribution is 2.21. The molecule has 0 aromatic heterocycles. The third kappa shape index (κ3) is 7.07. The van der Waals surface area contributed by atoms with E-state index in [1.165, 1.54) is 0 Å². The number of ether oxygens (including phenoxy) is 2. The number of hydrogen-bond donors (Lipinski definition) is 1. The van der Waals surface area contributed by atoms with Gasteiger partial charge in [-0.1, -0.05) is 24.6 Å². The molecular weight excluding hydrogens is 418 g/mol. The Bertz CT molecular complexity index is 867. The van der Waals surface area contributed by atoms with Gasteiger partial charge >= 0.3 is 0 Å². The number of carbonyl (C=O) groups is 2. The average Bonchev–Trinajstić information content (AvgIpc) is 2.80. The van der Waals surface area contributed by atoms with Crippen LogP contribution >= 0.6 is 11.6 Å². The number of nitrogens with one attached hydrogen (secondary N) is 1. The number of piperazine rings is 1. The second-order valence-corrected chi connectivity index (χ2v) is 7.67. The summed E-state index contributed by atoms with van der Waals surface area (Å²) in [5.41, 5.74) is 1.05. The van der Waals surface area contributed by atoms with Gasteiger partial charge in [-0.25, -0.2) is 0 Å². The summed E-state index contributed by atoms with van der Waals surface area (Å²) in [6, 6.07) is 14.8. The van der Waals surface area contributed by atoms with Crippen LogP contribution in [0, 0.1) is 0 Å². The van der Waals surface area contributed by atoms with E-state index in [1.807, 2.05) is 31.2 Å². The summed E-state index contributed by atoms with van der Waals surface area (Å²) in [4.78, 5) is 28.4. The maximum atomic E-state index is 12.4. The van der Waals surface area contributed by atoms with Crippen molar-refractivity contribution in [1.29, 1.82) is 0 Å². The van der Waals surface area contributed by atoms with Crippen LogP contribution in [0.4, 0.5) is 5.69 Å². The minimum atomic E-state index is -0.336. The molecule has 1 aliphatic heterocycles. The Morgan fingerprint density at radius 2 is 1.68 bits per heavy atom. The van der Waals surface area contributed by atoms with E-state index in [2.05, 4.69) is 10.2 Å². The lowest BCUT2D eigenvalue weighted by molar-refractivity contribution is -0.133. The first-order valence-corrected chi connectivity index (χ1v) is 10.8. The van der Waals surface area contributed by atoms with Crippen LogP contribution in [0.25, 0.3) is 0 Å². The Labute approximate surface area is 187 Å². The van der Waals surface area contributed by atoms with E-state index >= 15 is 0 Å². The molecule has 1 saturated heterocycles. The van der Waals surface area contributed by atoms with Gasteiger partial charge in [0.15, 0.2) is 6.61 Å². The van der Waals surface area contributed by atoms with Gasteiger partial charge in [0.05, 0.1) is 13.2 Å². The second kappa shape index (κ2) is 11.5. The van der Waals surface area contributed by atoms with Crippen LogP contribution in [0.1, 0.15) is 13.3 Å². The summed E-state index contributed by atoms with van der Waals surface area (Å²) >= 11 is 6.06. The zero-order valence-electron chi connectivity index (χ0n) is 17.7. The Hall–Kier alpha value is -2.93. The number of halogens is 1. The maximum absolute atomic E-state index is 12.4. The van der Waals surface area contributed by atoms with Crippen LogP contribution in [0.2, 0.25) is 5.02 Å². The van der Waals surface area contributed by atoms with E-state index in [9.17, 15) is 9.59 Å². The average molecular weight is 446 g/mol. The van der Waals surface area contributed by atoms with Crippen LogP contribution in [-0.4, -0.2) is 62.7 Å². The van der Waals surface area contributed by atoms with Gasteiger partial charge in [-0.15, -0.1) is 0 Å². The van der Waals surface area contributed by atoms with Crippen molar-refractivity contribution in [1.82, 2.24) is 10.2 Å². The summed E-state index contributed by atoms with van der Waals surface area (Å²) < 4.78 is 11.0. The van der Waals surface area contributed by atoms with E-state index in [0.717, 1.165) is 30.9 Å². The summed E-state index contributed by atoms with van der Waals surface area (Å²) in [6.07, 6.45) is 0.939. The van der Waals surface area contributed by atoms with Gasteiger partial charge in [0.2, 0.25) is 5.91 Å². The van der Waals surface area contributed by atoms with Gasteiger partial charge in [0.25, 0.3) is 5.91 Å². The molecule has 166 valence electrons. The van der Waals surface area contributed by atoms with Gasteiger partial charge in [-0.05, 0) is 48.9 Å². The number of anilines is 1. The number of nitrogens with zero attached hydrogens (tertiary/aromatic N) is 2. The minimum absolute atomic E-state index is 0.0385. The maximum Gasteiger partial charge on any atom is 0.258 e. The van der Waals surface area contributed by atoms with Crippen molar-refractivity contribution in [2.45, 2.75) is 13.3 Å². The molecule has 7 nitrogen and oxygen atoms in total. The van der Waals surface area contributed by atoms with Gasteiger partial charge in [-0.3, -0.25) is 9.59 Å². The molecule has 1 N–H and O–H groups in total. The monoisotopic (exact) mass is 445 g/mol. The molecule has 0 saturated carbocycles. The van der Waals surface area contributed by atoms with Crippen LogP contribution in [0.15, 0.2) is 48.5 Å². The first-order chi connectivity index (χ1) is 15.0. The molecule has 1 aliphatic rings. The predicted octanol–water partition coefficient (Wildman–Crippen LogP) is 2.97. The molecule has 1 fully saturated rings. The van der Waals surface area contributed by atoms with E-state index in [0.29, 0.717) is 30.5 Å². The third-order valence-electron chi connectivity index (χ3n) is 4.91. The van der Waals surface area contributed by atoms with Crippen molar-refractivity contribution >= 4 is 29.1 Å². The van der Waals surface area contributed by atoms with Crippen molar-refractivity contribution in [3.05, 3.63) is 53.6 Å². The molecule has 3 rings (SSSR count). The van der Waals surface area contributed by atoms with Gasteiger partial charge in [-0.2, -0.15) is 0 Å². The van der Waals surface area contributed by atoms with Crippen molar-refractivity contribution in [3.63, 3.8) is 0 Å². The fourth-order valence-corrected chi connectivity index (χ4v) is 3.41. The number of benzene rings is 2. The molecule has 2 amide bonds. The third-order valence-corrected chi connectivity index (χ3v) is 5.14. The molecule has 0 aliphatic carbocycles. The van der Waals surface area contributed by atoms with E-state index in [1.54, 1.807) is 29.2 Å². The highest BCUT2D eigenvalue weighted by molar-refractivity contribution is 6.30. The normalized spacial score (nSPS) is 13.6. The lowest BCUT2D eigenvalue weighted by atomic mass is 10.2. The van der Waals surface area contributed by atoms with Crippen LogP contribution in [0.5, 0.6) is 11.5 Å². The Morgan fingerprint density at radius 1 is 1.00 bits per heavy atom. The topological polar surface area (TPSA) is 71.1 Å². The molecule has 0 radical (unpaired) electrons. The molecule has 0 bridgehead atoms. The summed E-state index contributed by atoms with van der Waals surface area (Å²) in [6.45, 7) is 5.17. The number of carbonyl (C=O) groups excluding carboxylic acids is 2. The van der Waals surface area contributed by atoms with Gasteiger partial charge < -0.3 is 24.6 Å². The second-order valence-electron chi connectivity index (χ2n) is 7.23. The smallest absolute Gasteiger partial charge is 0.258 e. The molecule has 31 heavy (non-hydrogen) atoms. The zero-order valence-corrected chi connectivity index (χ0v) is 18.4. The van der Waals surface area contributed by atoms with Crippen molar-refractivity contribution < 1.29 is 19.1 Å². The largest absolute Gasteiger partial charge is 0.494 e. The fraction of sp³-hybridized carbons (Fsp3) is 0.391. The SMILES string of the molecule is CCCOc1ccc(OCC(=O)NCC(=O)N2CCN(c3cccc(Cl)c3)CC2)cc1. The van der Waals surface area contributed by atoms with Crippen LogP contribution in [0.3, 0.4) is 0 Å². The predicted molar refractivity (Wildman–Crippen MR) is 121 cm³/mol. The Balaban J connectivity index is 1.35. The molecule has 8 heteroatoms. The lowest BCUT2D eigenvalue weighted by Crippen LogP contribution is -2.51. The Kier molecular flexibility index (Phi) is 8.41.